The normalized spacial score (nSPS) is 17.4. The predicted molar refractivity (Wildman–Crippen MR) is 113 cm³/mol. The number of nitrogens with zero attached hydrogens (tertiary/aromatic N) is 4. The summed E-state index contributed by atoms with van der Waals surface area (Å²) in [5.74, 6) is 1.94. The Hall–Kier alpha value is -3.42. The van der Waals surface area contributed by atoms with Crippen molar-refractivity contribution < 1.29 is 9.47 Å². The second kappa shape index (κ2) is 8.52. The highest BCUT2D eigenvalue weighted by molar-refractivity contribution is 5.44. The number of hydrogen-bond acceptors (Lipinski definition) is 7. The fraction of sp³-hybridized carbons (Fsp3) is 0.364. The van der Waals surface area contributed by atoms with E-state index in [0.29, 0.717) is 36.6 Å². The van der Waals surface area contributed by atoms with Crippen molar-refractivity contribution in [2.45, 2.75) is 25.8 Å². The van der Waals surface area contributed by atoms with E-state index in [4.69, 9.17) is 9.47 Å². The van der Waals surface area contributed by atoms with Gasteiger partial charge in [-0.05, 0) is 37.1 Å². The number of aryl methyl sites for hydroxylation is 2. The molecule has 1 saturated carbocycles. The molecule has 3 aromatic rings. The number of aromatic nitrogens is 4. The SMILES string of the molecule is COc1ccc(C2CC2COc2cc(NCc3ncccc3C)c(=O)n(C)n2)nc1. The summed E-state index contributed by atoms with van der Waals surface area (Å²) in [6, 6.07) is 9.46. The molecule has 1 aliphatic carbocycles. The Morgan fingerprint density at radius 2 is 2.13 bits per heavy atom. The first kappa shape index (κ1) is 19.9. The molecule has 3 aromatic heterocycles. The van der Waals surface area contributed by atoms with Gasteiger partial charge in [0, 0.05) is 36.8 Å². The van der Waals surface area contributed by atoms with Crippen molar-refractivity contribution in [2.75, 3.05) is 19.0 Å². The lowest BCUT2D eigenvalue weighted by molar-refractivity contribution is 0.278. The third-order valence-corrected chi connectivity index (χ3v) is 5.35. The highest BCUT2D eigenvalue weighted by Gasteiger charge is 2.40. The number of nitrogens with one attached hydrogen (secondary N) is 1. The summed E-state index contributed by atoms with van der Waals surface area (Å²) in [5, 5.41) is 7.38. The van der Waals surface area contributed by atoms with E-state index in [-0.39, 0.29) is 5.56 Å². The van der Waals surface area contributed by atoms with Crippen LogP contribution in [0, 0.1) is 12.8 Å². The molecule has 0 saturated heterocycles. The largest absolute Gasteiger partial charge is 0.495 e. The van der Waals surface area contributed by atoms with Crippen LogP contribution in [-0.2, 0) is 13.6 Å². The van der Waals surface area contributed by atoms with Crippen LogP contribution in [0.2, 0.25) is 0 Å². The molecule has 0 radical (unpaired) electrons. The van der Waals surface area contributed by atoms with E-state index in [1.165, 1.54) is 4.68 Å². The fourth-order valence-corrected chi connectivity index (χ4v) is 3.38. The maximum Gasteiger partial charge on any atom is 0.290 e. The van der Waals surface area contributed by atoms with Gasteiger partial charge in [0.25, 0.3) is 5.56 Å². The molecule has 2 unspecified atom stereocenters. The summed E-state index contributed by atoms with van der Waals surface area (Å²) < 4.78 is 12.3. The molecule has 4 rings (SSSR count). The van der Waals surface area contributed by atoms with E-state index >= 15 is 0 Å². The molecule has 8 nitrogen and oxygen atoms in total. The fourth-order valence-electron chi connectivity index (χ4n) is 3.38. The lowest BCUT2D eigenvalue weighted by Gasteiger charge is -2.11. The Balaban J connectivity index is 1.38. The second-order valence-electron chi connectivity index (χ2n) is 7.48. The van der Waals surface area contributed by atoms with E-state index < -0.39 is 0 Å². The van der Waals surface area contributed by atoms with Crippen LogP contribution in [0.15, 0.2) is 47.5 Å². The summed E-state index contributed by atoms with van der Waals surface area (Å²) >= 11 is 0. The molecule has 0 amide bonds. The summed E-state index contributed by atoms with van der Waals surface area (Å²) in [7, 11) is 3.25. The van der Waals surface area contributed by atoms with Crippen LogP contribution in [0.4, 0.5) is 5.69 Å². The van der Waals surface area contributed by atoms with Crippen molar-refractivity contribution in [1.82, 2.24) is 19.7 Å². The molecule has 0 spiro atoms. The Bertz CT molecular complexity index is 1080. The maximum atomic E-state index is 12.4. The Morgan fingerprint density at radius 1 is 1.27 bits per heavy atom. The van der Waals surface area contributed by atoms with E-state index in [2.05, 4.69) is 20.4 Å². The molecule has 1 fully saturated rings. The molecule has 1 aliphatic rings. The van der Waals surface area contributed by atoms with E-state index in [9.17, 15) is 4.79 Å². The highest BCUT2D eigenvalue weighted by Crippen LogP contribution is 2.46. The third-order valence-electron chi connectivity index (χ3n) is 5.35. The Morgan fingerprint density at radius 3 is 2.87 bits per heavy atom. The lowest BCUT2D eigenvalue weighted by Crippen LogP contribution is -2.24. The number of hydrogen-bond donors (Lipinski definition) is 1. The van der Waals surface area contributed by atoms with Gasteiger partial charge in [0.05, 0.1) is 32.2 Å². The standard InChI is InChI=1S/C22H25N5O3/c1-14-5-4-8-23-20(14)12-25-19-10-21(26-27(2)22(19)28)30-13-15-9-17(15)18-7-6-16(29-3)11-24-18/h4-8,10-11,15,17,25H,9,12-13H2,1-3H3. The molecule has 30 heavy (non-hydrogen) atoms. The Labute approximate surface area is 174 Å². The lowest BCUT2D eigenvalue weighted by atomic mass is 10.2. The first-order valence-corrected chi connectivity index (χ1v) is 9.90. The van der Waals surface area contributed by atoms with Crippen LogP contribution in [0.25, 0.3) is 0 Å². The number of ether oxygens (including phenoxy) is 2. The van der Waals surface area contributed by atoms with Crippen molar-refractivity contribution in [3.05, 3.63) is 70.0 Å². The Kier molecular flexibility index (Phi) is 5.65. The third kappa shape index (κ3) is 4.42. The van der Waals surface area contributed by atoms with Crippen LogP contribution in [-0.4, -0.2) is 33.5 Å². The molecule has 2 atom stereocenters. The highest BCUT2D eigenvalue weighted by atomic mass is 16.5. The van der Waals surface area contributed by atoms with Crippen molar-refractivity contribution in [3.8, 4) is 11.6 Å². The number of pyridine rings is 2. The smallest absolute Gasteiger partial charge is 0.290 e. The minimum absolute atomic E-state index is 0.206. The molecule has 0 bridgehead atoms. The quantitative estimate of drug-likeness (QED) is 0.614. The average Bonchev–Trinajstić information content (AvgIpc) is 3.54. The van der Waals surface area contributed by atoms with Gasteiger partial charge in [0.1, 0.15) is 11.4 Å². The number of methoxy groups -OCH3 is 1. The van der Waals surface area contributed by atoms with Gasteiger partial charge in [-0.25, -0.2) is 4.68 Å². The van der Waals surface area contributed by atoms with Gasteiger partial charge >= 0.3 is 0 Å². The number of rotatable bonds is 8. The van der Waals surface area contributed by atoms with Crippen LogP contribution < -0.4 is 20.3 Å². The molecular formula is C22H25N5O3. The zero-order valence-corrected chi connectivity index (χ0v) is 17.3. The van der Waals surface area contributed by atoms with Gasteiger partial charge in [-0.3, -0.25) is 14.8 Å². The minimum Gasteiger partial charge on any atom is -0.495 e. The second-order valence-corrected chi connectivity index (χ2v) is 7.48. The maximum absolute atomic E-state index is 12.4. The van der Waals surface area contributed by atoms with Gasteiger partial charge in [-0.1, -0.05) is 6.07 Å². The summed E-state index contributed by atoms with van der Waals surface area (Å²) in [6.07, 6.45) is 4.50. The summed E-state index contributed by atoms with van der Waals surface area (Å²) in [6.45, 7) is 2.98. The molecule has 3 heterocycles. The zero-order chi connectivity index (χ0) is 21.1. The monoisotopic (exact) mass is 407 g/mol. The summed E-state index contributed by atoms with van der Waals surface area (Å²) in [4.78, 5) is 21.2. The van der Waals surface area contributed by atoms with Crippen molar-refractivity contribution in [1.29, 1.82) is 0 Å². The number of anilines is 1. The van der Waals surface area contributed by atoms with Gasteiger partial charge in [-0.15, -0.1) is 5.10 Å². The first-order valence-electron chi connectivity index (χ1n) is 9.90. The average molecular weight is 407 g/mol. The van der Waals surface area contributed by atoms with Crippen molar-refractivity contribution >= 4 is 5.69 Å². The van der Waals surface area contributed by atoms with Crippen molar-refractivity contribution in [3.63, 3.8) is 0 Å². The minimum atomic E-state index is -0.206. The zero-order valence-electron chi connectivity index (χ0n) is 17.3. The van der Waals surface area contributed by atoms with E-state index in [0.717, 1.165) is 29.1 Å². The molecule has 156 valence electrons. The predicted octanol–water partition coefficient (Wildman–Crippen LogP) is 2.68. The topological polar surface area (TPSA) is 91.2 Å². The van der Waals surface area contributed by atoms with E-state index in [1.807, 2.05) is 31.2 Å². The van der Waals surface area contributed by atoms with Gasteiger partial charge in [0.15, 0.2) is 0 Å². The van der Waals surface area contributed by atoms with Crippen LogP contribution >= 0.6 is 0 Å². The molecular weight excluding hydrogens is 382 g/mol. The van der Waals surface area contributed by atoms with E-state index in [1.54, 1.807) is 32.6 Å². The molecule has 8 heteroatoms. The molecule has 0 aromatic carbocycles. The molecule has 0 aliphatic heterocycles. The van der Waals surface area contributed by atoms with Gasteiger partial charge in [0.2, 0.25) is 5.88 Å². The first-order chi connectivity index (χ1) is 14.5. The van der Waals surface area contributed by atoms with Crippen LogP contribution in [0.5, 0.6) is 11.6 Å². The molecule has 1 N–H and O–H groups in total. The van der Waals surface area contributed by atoms with Gasteiger partial charge < -0.3 is 14.8 Å². The van der Waals surface area contributed by atoms with Crippen LogP contribution in [0.3, 0.4) is 0 Å². The van der Waals surface area contributed by atoms with Crippen LogP contribution in [0.1, 0.15) is 29.3 Å². The summed E-state index contributed by atoms with van der Waals surface area (Å²) in [5.41, 5.74) is 3.25. The van der Waals surface area contributed by atoms with Gasteiger partial charge in [-0.2, -0.15) is 0 Å². The van der Waals surface area contributed by atoms with Crippen molar-refractivity contribution in [2.24, 2.45) is 13.0 Å².